The first-order chi connectivity index (χ1) is 14.1. The molecule has 0 radical (unpaired) electrons. The fourth-order valence-corrected chi connectivity index (χ4v) is 4.01. The van der Waals surface area contributed by atoms with Crippen LogP contribution in [0.3, 0.4) is 0 Å². The standard InChI is InChI=1S/C22H24F3N3OS/c1-14-10-15(2)26-20(11-14)27-21(30)28-9-3-4-16(13-28)12-19(29)17-5-7-18(8-6-17)22(23,24)25/h5-8,10-11,16H,3-4,9,12-13H2,1-2H3,(H,26,27,30). The van der Waals surface area contributed by atoms with Crippen molar-refractivity contribution >= 4 is 28.9 Å². The van der Waals surface area contributed by atoms with Gasteiger partial charge in [-0.3, -0.25) is 4.79 Å². The number of piperidine rings is 1. The van der Waals surface area contributed by atoms with Gasteiger partial charge in [0, 0.05) is 30.8 Å². The Hall–Kier alpha value is -2.48. The molecule has 0 bridgehead atoms. The molecule has 3 rings (SSSR count). The highest BCUT2D eigenvalue weighted by molar-refractivity contribution is 7.80. The number of carbonyl (C=O) groups is 1. The zero-order valence-corrected chi connectivity index (χ0v) is 17.7. The number of pyridine rings is 1. The van der Waals surface area contributed by atoms with Gasteiger partial charge in [-0.2, -0.15) is 13.2 Å². The molecule has 1 aromatic carbocycles. The zero-order valence-electron chi connectivity index (χ0n) is 16.9. The van der Waals surface area contributed by atoms with Crippen molar-refractivity contribution < 1.29 is 18.0 Å². The Bertz CT molecular complexity index is 908. The van der Waals surface area contributed by atoms with E-state index in [4.69, 9.17) is 12.2 Å². The van der Waals surface area contributed by atoms with E-state index < -0.39 is 11.7 Å². The van der Waals surface area contributed by atoms with Crippen molar-refractivity contribution in [1.82, 2.24) is 9.88 Å². The molecule has 0 aliphatic carbocycles. The number of nitrogens with zero attached hydrogens (tertiary/aromatic N) is 2. The van der Waals surface area contributed by atoms with Gasteiger partial charge in [0.25, 0.3) is 0 Å². The minimum absolute atomic E-state index is 0.0977. The van der Waals surface area contributed by atoms with E-state index in [2.05, 4.69) is 10.3 Å². The average Bonchev–Trinajstić information content (AvgIpc) is 2.67. The number of hydrogen-bond acceptors (Lipinski definition) is 3. The van der Waals surface area contributed by atoms with Gasteiger partial charge in [-0.15, -0.1) is 0 Å². The molecule has 1 atom stereocenters. The van der Waals surface area contributed by atoms with Crippen molar-refractivity contribution in [2.75, 3.05) is 18.4 Å². The maximum Gasteiger partial charge on any atom is 0.416 e. The monoisotopic (exact) mass is 435 g/mol. The summed E-state index contributed by atoms with van der Waals surface area (Å²) >= 11 is 5.54. The number of rotatable bonds is 4. The summed E-state index contributed by atoms with van der Waals surface area (Å²) in [4.78, 5) is 19.0. The lowest BCUT2D eigenvalue weighted by molar-refractivity contribution is -0.137. The predicted molar refractivity (Wildman–Crippen MR) is 115 cm³/mol. The van der Waals surface area contributed by atoms with Crippen LogP contribution in [0.5, 0.6) is 0 Å². The van der Waals surface area contributed by atoms with Gasteiger partial charge >= 0.3 is 6.18 Å². The van der Waals surface area contributed by atoms with Crippen LogP contribution in [-0.4, -0.2) is 33.9 Å². The van der Waals surface area contributed by atoms with Gasteiger partial charge in [0.15, 0.2) is 10.9 Å². The molecular weight excluding hydrogens is 411 g/mol. The molecule has 0 amide bonds. The number of halogens is 3. The van der Waals surface area contributed by atoms with Crippen LogP contribution >= 0.6 is 12.2 Å². The molecular formula is C22H24F3N3OS. The summed E-state index contributed by atoms with van der Waals surface area (Å²) in [5.41, 5.74) is 1.55. The summed E-state index contributed by atoms with van der Waals surface area (Å²) < 4.78 is 38.1. The van der Waals surface area contributed by atoms with E-state index in [1.54, 1.807) is 0 Å². The Morgan fingerprint density at radius 2 is 1.93 bits per heavy atom. The second kappa shape index (κ2) is 9.12. The number of anilines is 1. The maximum absolute atomic E-state index is 12.7. The molecule has 0 spiro atoms. The molecule has 1 fully saturated rings. The highest BCUT2D eigenvalue weighted by Crippen LogP contribution is 2.29. The Kier molecular flexibility index (Phi) is 6.75. The number of benzene rings is 1. The van der Waals surface area contributed by atoms with Crippen LogP contribution in [0.4, 0.5) is 19.0 Å². The first kappa shape index (κ1) is 22.2. The Morgan fingerprint density at radius 1 is 1.23 bits per heavy atom. The number of Topliss-reactive ketones (excluding diaryl/α,β-unsaturated/α-hetero) is 1. The first-order valence-electron chi connectivity index (χ1n) is 9.83. The maximum atomic E-state index is 12.7. The van der Waals surface area contributed by atoms with Crippen LogP contribution in [0, 0.1) is 19.8 Å². The van der Waals surface area contributed by atoms with Gasteiger partial charge < -0.3 is 10.2 Å². The molecule has 8 heteroatoms. The lowest BCUT2D eigenvalue weighted by Gasteiger charge is -2.34. The van der Waals surface area contributed by atoms with Gasteiger partial charge in [-0.1, -0.05) is 12.1 Å². The number of thiocarbonyl (C=S) groups is 1. The number of nitrogens with one attached hydrogen (secondary N) is 1. The van der Waals surface area contributed by atoms with E-state index in [0.29, 0.717) is 23.0 Å². The summed E-state index contributed by atoms with van der Waals surface area (Å²) in [6, 6.07) is 8.33. The Labute approximate surface area is 179 Å². The molecule has 1 unspecified atom stereocenters. The minimum Gasteiger partial charge on any atom is -0.349 e. The highest BCUT2D eigenvalue weighted by Gasteiger charge is 2.30. The van der Waals surface area contributed by atoms with E-state index in [-0.39, 0.29) is 18.1 Å². The quantitative estimate of drug-likeness (QED) is 0.515. The van der Waals surface area contributed by atoms with Gasteiger partial charge in [-0.25, -0.2) is 4.98 Å². The van der Waals surface area contributed by atoms with E-state index in [0.717, 1.165) is 42.8 Å². The fourth-order valence-electron chi connectivity index (χ4n) is 3.74. The lowest BCUT2D eigenvalue weighted by Crippen LogP contribution is -2.42. The van der Waals surface area contributed by atoms with Crippen molar-refractivity contribution in [1.29, 1.82) is 0 Å². The molecule has 160 valence electrons. The molecule has 1 aromatic heterocycles. The molecule has 1 saturated heterocycles. The minimum atomic E-state index is -4.40. The van der Waals surface area contributed by atoms with Crippen molar-refractivity contribution in [3.63, 3.8) is 0 Å². The third-order valence-corrected chi connectivity index (χ3v) is 5.51. The van der Waals surface area contributed by atoms with Gasteiger partial charge in [0.1, 0.15) is 5.82 Å². The molecule has 1 aliphatic heterocycles. The zero-order chi connectivity index (χ0) is 21.9. The third-order valence-electron chi connectivity index (χ3n) is 5.15. The van der Waals surface area contributed by atoms with Crippen molar-refractivity contribution in [3.8, 4) is 0 Å². The van der Waals surface area contributed by atoms with E-state index in [9.17, 15) is 18.0 Å². The summed E-state index contributed by atoms with van der Waals surface area (Å²) in [5, 5.41) is 3.74. The van der Waals surface area contributed by atoms with Crippen LogP contribution in [0.2, 0.25) is 0 Å². The average molecular weight is 436 g/mol. The highest BCUT2D eigenvalue weighted by atomic mass is 32.1. The van der Waals surface area contributed by atoms with Crippen LogP contribution in [-0.2, 0) is 6.18 Å². The second-order valence-corrected chi connectivity index (χ2v) is 8.14. The lowest BCUT2D eigenvalue weighted by atomic mass is 9.91. The Balaban J connectivity index is 1.59. The third kappa shape index (κ3) is 5.78. The van der Waals surface area contributed by atoms with Gasteiger partial charge in [0.05, 0.1) is 5.56 Å². The topological polar surface area (TPSA) is 45.2 Å². The van der Waals surface area contributed by atoms with Gasteiger partial charge in [-0.05, 0) is 74.7 Å². The molecule has 2 aromatic rings. The molecule has 30 heavy (non-hydrogen) atoms. The molecule has 0 saturated carbocycles. The van der Waals surface area contributed by atoms with Crippen molar-refractivity contribution in [2.24, 2.45) is 5.92 Å². The number of carbonyl (C=O) groups excluding carboxylic acids is 1. The second-order valence-electron chi connectivity index (χ2n) is 7.76. The number of hydrogen-bond donors (Lipinski definition) is 1. The van der Waals surface area contributed by atoms with Crippen molar-refractivity contribution in [3.05, 3.63) is 58.8 Å². The van der Waals surface area contributed by atoms with E-state index in [1.165, 1.54) is 12.1 Å². The molecule has 1 N–H and O–H groups in total. The normalized spacial score (nSPS) is 17.0. The van der Waals surface area contributed by atoms with E-state index >= 15 is 0 Å². The number of aromatic nitrogens is 1. The number of likely N-dealkylation sites (tertiary alicyclic amines) is 1. The summed E-state index contributed by atoms with van der Waals surface area (Å²) in [5.74, 6) is 0.645. The van der Waals surface area contributed by atoms with Crippen LogP contribution in [0.25, 0.3) is 0 Å². The van der Waals surface area contributed by atoms with Crippen LogP contribution in [0.1, 0.15) is 46.4 Å². The molecule has 1 aliphatic rings. The summed E-state index contributed by atoms with van der Waals surface area (Å²) in [7, 11) is 0. The van der Waals surface area contributed by atoms with E-state index in [1.807, 2.05) is 30.9 Å². The number of aryl methyl sites for hydroxylation is 2. The molecule has 2 heterocycles. The SMILES string of the molecule is Cc1cc(C)nc(NC(=S)N2CCCC(CC(=O)c3ccc(C(F)(F)F)cc3)C2)c1. The summed E-state index contributed by atoms with van der Waals surface area (Å²) in [6.45, 7) is 5.34. The largest absolute Gasteiger partial charge is 0.416 e. The number of ketones is 1. The molecule has 4 nitrogen and oxygen atoms in total. The summed E-state index contributed by atoms with van der Waals surface area (Å²) in [6.07, 6.45) is -2.34. The Morgan fingerprint density at radius 3 is 2.57 bits per heavy atom. The van der Waals surface area contributed by atoms with Crippen LogP contribution < -0.4 is 5.32 Å². The first-order valence-corrected chi connectivity index (χ1v) is 10.2. The predicted octanol–water partition coefficient (Wildman–Crippen LogP) is 5.40. The number of alkyl halides is 3. The van der Waals surface area contributed by atoms with Crippen LogP contribution in [0.15, 0.2) is 36.4 Å². The van der Waals surface area contributed by atoms with Gasteiger partial charge in [0.2, 0.25) is 0 Å². The van der Waals surface area contributed by atoms with Crippen molar-refractivity contribution in [2.45, 2.75) is 39.3 Å². The smallest absolute Gasteiger partial charge is 0.349 e. The fraction of sp³-hybridized carbons (Fsp3) is 0.409.